The highest BCUT2D eigenvalue weighted by atomic mass is 16.5. The Morgan fingerprint density at radius 1 is 1.16 bits per heavy atom. The van der Waals surface area contributed by atoms with Crippen LogP contribution in [-0.2, 0) is 13.1 Å². The second-order valence-corrected chi connectivity index (χ2v) is 6.34. The molecular weight excluding hydrogens is 314 g/mol. The van der Waals surface area contributed by atoms with Gasteiger partial charge in [0.15, 0.2) is 0 Å². The number of likely N-dealkylation sites (tertiary alicyclic amines) is 1. The Bertz CT molecular complexity index is 790. The standard InChI is InChI=1S/C19H21N5O/c1-2-5-15(6-3-1)13-24-10-8-17(14-24)21-12-18-22-19(23-25-18)16-7-4-9-20-11-16/h1-7,9,11,17,21H,8,10,12-14H2/t17-/m0/s1. The number of nitrogens with one attached hydrogen (secondary N) is 1. The van der Waals surface area contributed by atoms with E-state index in [4.69, 9.17) is 4.52 Å². The molecule has 3 aromatic rings. The minimum absolute atomic E-state index is 0.456. The van der Waals surface area contributed by atoms with Gasteiger partial charge in [-0.05, 0) is 24.1 Å². The third kappa shape index (κ3) is 4.10. The van der Waals surface area contributed by atoms with Crippen molar-refractivity contribution in [2.75, 3.05) is 13.1 Å². The summed E-state index contributed by atoms with van der Waals surface area (Å²) in [6.45, 7) is 3.75. The maximum atomic E-state index is 5.34. The van der Waals surface area contributed by atoms with E-state index in [1.54, 1.807) is 12.4 Å². The van der Waals surface area contributed by atoms with Crippen molar-refractivity contribution in [1.82, 2.24) is 25.3 Å². The van der Waals surface area contributed by atoms with E-state index in [2.05, 4.69) is 55.7 Å². The SMILES string of the molecule is c1ccc(CN2CC[C@H](NCc3nc(-c4cccnc4)no3)C2)cc1. The van der Waals surface area contributed by atoms with Gasteiger partial charge in [-0.15, -0.1) is 0 Å². The molecule has 6 heteroatoms. The molecule has 0 amide bonds. The largest absolute Gasteiger partial charge is 0.338 e. The highest BCUT2D eigenvalue weighted by Crippen LogP contribution is 2.16. The van der Waals surface area contributed by atoms with Crippen LogP contribution in [0, 0.1) is 0 Å². The third-order valence-corrected chi connectivity index (χ3v) is 4.45. The van der Waals surface area contributed by atoms with Crippen LogP contribution in [0.4, 0.5) is 0 Å². The average molecular weight is 335 g/mol. The summed E-state index contributed by atoms with van der Waals surface area (Å²) in [5, 5.41) is 7.55. The van der Waals surface area contributed by atoms with Crippen LogP contribution < -0.4 is 5.32 Å². The van der Waals surface area contributed by atoms with Crippen molar-refractivity contribution in [1.29, 1.82) is 0 Å². The number of hydrogen-bond acceptors (Lipinski definition) is 6. The molecule has 0 spiro atoms. The molecule has 2 aromatic heterocycles. The van der Waals surface area contributed by atoms with Gasteiger partial charge in [-0.2, -0.15) is 4.98 Å². The van der Waals surface area contributed by atoms with Gasteiger partial charge in [0.25, 0.3) is 0 Å². The summed E-state index contributed by atoms with van der Waals surface area (Å²) in [5.74, 6) is 1.20. The smallest absolute Gasteiger partial charge is 0.240 e. The fourth-order valence-electron chi connectivity index (χ4n) is 3.16. The zero-order valence-corrected chi connectivity index (χ0v) is 14.0. The maximum Gasteiger partial charge on any atom is 0.240 e. The molecule has 1 saturated heterocycles. The number of pyridine rings is 1. The second-order valence-electron chi connectivity index (χ2n) is 6.34. The van der Waals surface area contributed by atoms with Crippen LogP contribution in [0.5, 0.6) is 0 Å². The van der Waals surface area contributed by atoms with Gasteiger partial charge in [0, 0.05) is 43.6 Å². The first-order chi connectivity index (χ1) is 12.4. The van der Waals surface area contributed by atoms with Gasteiger partial charge in [-0.25, -0.2) is 0 Å². The monoisotopic (exact) mass is 335 g/mol. The number of nitrogens with zero attached hydrogens (tertiary/aromatic N) is 4. The fourth-order valence-corrected chi connectivity index (χ4v) is 3.16. The summed E-state index contributed by atoms with van der Waals surface area (Å²) in [6, 6.07) is 14.8. The van der Waals surface area contributed by atoms with Gasteiger partial charge in [-0.3, -0.25) is 9.88 Å². The van der Waals surface area contributed by atoms with E-state index in [1.165, 1.54) is 5.56 Å². The average Bonchev–Trinajstić information content (AvgIpc) is 3.31. The predicted octanol–water partition coefficient (Wildman–Crippen LogP) is 2.50. The summed E-state index contributed by atoms with van der Waals surface area (Å²) in [5.41, 5.74) is 2.23. The minimum Gasteiger partial charge on any atom is -0.338 e. The highest BCUT2D eigenvalue weighted by Gasteiger charge is 2.22. The molecule has 1 aliphatic heterocycles. The van der Waals surface area contributed by atoms with Gasteiger partial charge in [0.1, 0.15) is 0 Å². The molecule has 25 heavy (non-hydrogen) atoms. The van der Waals surface area contributed by atoms with E-state index in [0.717, 1.165) is 31.6 Å². The van der Waals surface area contributed by atoms with E-state index in [0.29, 0.717) is 24.3 Å². The van der Waals surface area contributed by atoms with Crippen molar-refractivity contribution in [2.45, 2.75) is 25.6 Å². The van der Waals surface area contributed by atoms with Crippen molar-refractivity contribution in [2.24, 2.45) is 0 Å². The van der Waals surface area contributed by atoms with Crippen LogP contribution in [0.25, 0.3) is 11.4 Å². The van der Waals surface area contributed by atoms with E-state index in [1.807, 2.05) is 12.1 Å². The fraction of sp³-hybridized carbons (Fsp3) is 0.316. The lowest BCUT2D eigenvalue weighted by molar-refractivity contribution is 0.314. The van der Waals surface area contributed by atoms with E-state index < -0.39 is 0 Å². The van der Waals surface area contributed by atoms with E-state index in [-0.39, 0.29) is 0 Å². The lowest BCUT2D eigenvalue weighted by atomic mass is 10.2. The van der Waals surface area contributed by atoms with E-state index in [9.17, 15) is 0 Å². The Kier molecular flexibility index (Phi) is 4.81. The molecule has 0 radical (unpaired) electrons. The van der Waals surface area contributed by atoms with Crippen LogP contribution in [-0.4, -0.2) is 39.2 Å². The Balaban J connectivity index is 1.27. The molecule has 4 rings (SSSR count). The van der Waals surface area contributed by atoms with Gasteiger partial charge in [0.05, 0.1) is 6.54 Å². The summed E-state index contributed by atoms with van der Waals surface area (Å²) < 4.78 is 5.34. The van der Waals surface area contributed by atoms with Crippen LogP contribution in [0.3, 0.4) is 0 Å². The van der Waals surface area contributed by atoms with Crippen molar-refractivity contribution in [3.63, 3.8) is 0 Å². The van der Waals surface area contributed by atoms with Gasteiger partial charge in [-0.1, -0.05) is 35.5 Å². The molecule has 6 nitrogen and oxygen atoms in total. The zero-order chi connectivity index (χ0) is 16.9. The Morgan fingerprint density at radius 3 is 2.92 bits per heavy atom. The second kappa shape index (κ2) is 7.55. The maximum absolute atomic E-state index is 5.34. The van der Waals surface area contributed by atoms with Crippen LogP contribution in [0.2, 0.25) is 0 Å². The highest BCUT2D eigenvalue weighted by molar-refractivity contribution is 5.51. The van der Waals surface area contributed by atoms with Crippen molar-refractivity contribution < 1.29 is 4.52 Å². The van der Waals surface area contributed by atoms with Gasteiger partial charge >= 0.3 is 0 Å². The lowest BCUT2D eigenvalue weighted by Crippen LogP contribution is -2.32. The number of hydrogen-bond donors (Lipinski definition) is 1. The first-order valence-electron chi connectivity index (χ1n) is 8.59. The molecule has 1 atom stereocenters. The summed E-state index contributed by atoms with van der Waals surface area (Å²) in [6.07, 6.45) is 4.60. The Labute approximate surface area is 146 Å². The van der Waals surface area contributed by atoms with Crippen molar-refractivity contribution in [3.8, 4) is 11.4 Å². The van der Waals surface area contributed by atoms with E-state index >= 15 is 0 Å². The number of aromatic nitrogens is 3. The van der Waals surface area contributed by atoms with Crippen molar-refractivity contribution >= 4 is 0 Å². The quantitative estimate of drug-likeness (QED) is 0.746. The lowest BCUT2D eigenvalue weighted by Gasteiger charge is -2.16. The molecule has 3 heterocycles. The Hall–Kier alpha value is -2.57. The van der Waals surface area contributed by atoms with Crippen LogP contribution >= 0.6 is 0 Å². The van der Waals surface area contributed by atoms with Gasteiger partial charge in [0.2, 0.25) is 11.7 Å². The molecule has 0 unspecified atom stereocenters. The third-order valence-electron chi connectivity index (χ3n) is 4.45. The first-order valence-corrected chi connectivity index (χ1v) is 8.59. The normalized spacial score (nSPS) is 17.8. The molecular formula is C19H21N5O. The molecule has 1 aromatic carbocycles. The summed E-state index contributed by atoms with van der Waals surface area (Å²) >= 11 is 0. The molecule has 0 saturated carbocycles. The predicted molar refractivity (Wildman–Crippen MR) is 94.5 cm³/mol. The summed E-state index contributed by atoms with van der Waals surface area (Å²) in [7, 11) is 0. The topological polar surface area (TPSA) is 67.1 Å². The molecule has 0 bridgehead atoms. The summed E-state index contributed by atoms with van der Waals surface area (Å²) in [4.78, 5) is 11.0. The molecule has 1 fully saturated rings. The minimum atomic E-state index is 0.456. The van der Waals surface area contributed by atoms with Crippen LogP contribution in [0.15, 0.2) is 59.4 Å². The first kappa shape index (κ1) is 15.9. The number of rotatable bonds is 6. The Morgan fingerprint density at radius 2 is 2.08 bits per heavy atom. The molecule has 128 valence electrons. The van der Waals surface area contributed by atoms with Crippen LogP contribution in [0.1, 0.15) is 17.9 Å². The molecule has 1 aliphatic rings. The zero-order valence-electron chi connectivity index (χ0n) is 14.0. The molecule has 1 N–H and O–H groups in total. The number of benzene rings is 1. The van der Waals surface area contributed by atoms with Crippen molar-refractivity contribution in [3.05, 3.63) is 66.3 Å². The van der Waals surface area contributed by atoms with Gasteiger partial charge < -0.3 is 9.84 Å². The molecule has 0 aliphatic carbocycles.